The van der Waals surface area contributed by atoms with E-state index >= 15 is 0 Å². The van der Waals surface area contributed by atoms with Gasteiger partial charge in [-0.3, -0.25) is 4.79 Å². The molecule has 0 bridgehead atoms. The number of rotatable bonds is 4. The van der Waals surface area contributed by atoms with Crippen LogP contribution in [0.5, 0.6) is 0 Å². The van der Waals surface area contributed by atoms with Crippen LogP contribution >= 0.6 is 11.8 Å². The van der Waals surface area contributed by atoms with E-state index < -0.39 is 0 Å². The highest BCUT2D eigenvalue weighted by atomic mass is 32.2. The summed E-state index contributed by atoms with van der Waals surface area (Å²) in [6.45, 7) is 2.10. The Balaban J connectivity index is 1.92. The summed E-state index contributed by atoms with van der Waals surface area (Å²) in [5, 5.41) is 3.96. The van der Waals surface area contributed by atoms with Gasteiger partial charge in [0.1, 0.15) is 0 Å². The van der Waals surface area contributed by atoms with E-state index in [1.165, 1.54) is 0 Å². The Bertz CT molecular complexity index is 779. The summed E-state index contributed by atoms with van der Waals surface area (Å²) in [4.78, 5) is 16.8. The predicted molar refractivity (Wildman–Crippen MR) is 89.1 cm³/mol. The number of aromatic amines is 1. The molecule has 4 heteroatoms. The van der Waals surface area contributed by atoms with Gasteiger partial charge in [-0.05, 0) is 36.1 Å². The molecule has 0 saturated heterocycles. The van der Waals surface area contributed by atoms with Gasteiger partial charge in [0.25, 0.3) is 5.91 Å². The highest BCUT2D eigenvalue weighted by Crippen LogP contribution is 2.27. The smallest absolute Gasteiger partial charge is 0.256 e. The summed E-state index contributed by atoms with van der Waals surface area (Å²) in [6.07, 6.45) is 1.85. The van der Waals surface area contributed by atoms with Gasteiger partial charge in [-0.15, -0.1) is 11.8 Å². The summed E-state index contributed by atoms with van der Waals surface area (Å²) in [7, 11) is 0. The molecule has 21 heavy (non-hydrogen) atoms. The zero-order valence-electron chi connectivity index (χ0n) is 11.7. The molecule has 0 aliphatic heterocycles. The van der Waals surface area contributed by atoms with Crippen LogP contribution in [0, 0.1) is 0 Å². The van der Waals surface area contributed by atoms with Crippen LogP contribution in [0.1, 0.15) is 17.3 Å². The van der Waals surface area contributed by atoms with Crippen LogP contribution in [0.25, 0.3) is 10.9 Å². The second-order valence-corrected chi connectivity index (χ2v) is 5.93. The SMILES string of the molecule is CCSc1ccccc1NC(=O)c1cccc2[nH]ccc12. The van der Waals surface area contributed by atoms with Gasteiger partial charge in [-0.2, -0.15) is 0 Å². The molecule has 0 aliphatic carbocycles. The van der Waals surface area contributed by atoms with Gasteiger partial charge in [0, 0.05) is 27.6 Å². The van der Waals surface area contributed by atoms with Crippen molar-refractivity contribution in [3.05, 3.63) is 60.3 Å². The van der Waals surface area contributed by atoms with E-state index in [0.29, 0.717) is 5.56 Å². The van der Waals surface area contributed by atoms with Gasteiger partial charge in [0.05, 0.1) is 5.69 Å². The van der Waals surface area contributed by atoms with E-state index in [4.69, 9.17) is 0 Å². The number of benzene rings is 2. The molecule has 2 aromatic carbocycles. The van der Waals surface area contributed by atoms with E-state index in [-0.39, 0.29) is 5.91 Å². The molecule has 2 N–H and O–H groups in total. The fraction of sp³-hybridized carbons (Fsp3) is 0.118. The first-order chi connectivity index (χ1) is 10.3. The van der Waals surface area contributed by atoms with Crippen molar-refractivity contribution in [1.82, 2.24) is 4.98 Å². The number of para-hydroxylation sites is 1. The van der Waals surface area contributed by atoms with Crippen LogP contribution in [0.2, 0.25) is 0 Å². The number of hydrogen-bond acceptors (Lipinski definition) is 2. The largest absolute Gasteiger partial charge is 0.361 e. The summed E-state index contributed by atoms with van der Waals surface area (Å²) in [5.74, 6) is 0.893. The first kappa shape index (κ1) is 13.8. The molecule has 1 amide bonds. The van der Waals surface area contributed by atoms with Gasteiger partial charge in [-0.25, -0.2) is 0 Å². The third-order valence-corrected chi connectivity index (χ3v) is 4.23. The monoisotopic (exact) mass is 296 g/mol. The van der Waals surface area contributed by atoms with Gasteiger partial charge in [0.2, 0.25) is 0 Å². The average Bonchev–Trinajstić information content (AvgIpc) is 2.97. The minimum absolute atomic E-state index is 0.0793. The molecular formula is C17H16N2OS. The quantitative estimate of drug-likeness (QED) is 0.695. The number of fused-ring (bicyclic) bond motifs is 1. The van der Waals surface area contributed by atoms with E-state index in [9.17, 15) is 4.79 Å². The molecule has 0 saturated carbocycles. The maximum absolute atomic E-state index is 12.5. The fourth-order valence-corrected chi connectivity index (χ4v) is 3.08. The summed E-state index contributed by atoms with van der Waals surface area (Å²) in [5.41, 5.74) is 2.52. The lowest BCUT2D eigenvalue weighted by Crippen LogP contribution is -2.12. The first-order valence-electron chi connectivity index (χ1n) is 6.89. The molecule has 0 atom stereocenters. The molecule has 0 fully saturated rings. The topological polar surface area (TPSA) is 44.9 Å². The molecule has 1 aromatic heterocycles. The minimum atomic E-state index is -0.0793. The first-order valence-corrected chi connectivity index (χ1v) is 7.87. The highest BCUT2D eigenvalue weighted by molar-refractivity contribution is 7.99. The van der Waals surface area contributed by atoms with Gasteiger partial charge in [0.15, 0.2) is 0 Å². The highest BCUT2D eigenvalue weighted by Gasteiger charge is 2.12. The number of hydrogen-bond donors (Lipinski definition) is 2. The molecular weight excluding hydrogens is 280 g/mol. The Labute approximate surface area is 127 Å². The molecule has 0 aliphatic rings. The molecule has 106 valence electrons. The molecule has 3 aromatic rings. The van der Waals surface area contributed by atoms with Crippen molar-refractivity contribution in [2.75, 3.05) is 11.1 Å². The lowest BCUT2D eigenvalue weighted by atomic mass is 10.1. The van der Waals surface area contributed by atoms with Crippen molar-refractivity contribution >= 4 is 34.3 Å². The zero-order valence-corrected chi connectivity index (χ0v) is 12.5. The Morgan fingerprint density at radius 1 is 1.14 bits per heavy atom. The number of amides is 1. The average molecular weight is 296 g/mol. The Morgan fingerprint density at radius 3 is 2.86 bits per heavy atom. The molecule has 3 nitrogen and oxygen atoms in total. The summed E-state index contributed by atoms with van der Waals surface area (Å²) in [6, 6.07) is 15.5. The normalized spacial score (nSPS) is 10.7. The number of nitrogens with one attached hydrogen (secondary N) is 2. The lowest BCUT2D eigenvalue weighted by Gasteiger charge is -2.10. The second kappa shape index (κ2) is 6.06. The van der Waals surface area contributed by atoms with E-state index in [1.807, 2.05) is 54.7 Å². The van der Waals surface area contributed by atoms with Crippen molar-refractivity contribution in [3.8, 4) is 0 Å². The van der Waals surface area contributed by atoms with E-state index in [1.54, 1.807) is 11.8 Å². The third kappa shape index (κ3) is 2.81. The lowest BCUT2D eigenvalue weighted by molar-refractivity contribution is 0.102. The second-order valence-electron chi connectivity index (χ2n) is 4.63. The van der Waals surface area contributed by atoms with Crippen molar-refractivity contribution in [3.63, 3.8) is 0 Å². The van der Waals surface area contributed by atoms with Crippen LogP contribution in [0.15, 0.2) is 59.6 Å². The van der Waals surface area contributed by atoms with Crippen molar-refractivity contribution in [2.24, 2.45) is 0 Å². The number of carbonyl (C=O) groups is 1. The predicted octanol–water partition coefficient (Wildman–Crippen LogP) is 4.53. The standard InChI is InChI=1S/C17H16N2OS/c1-2-21-16-9-4-3-7-15(16)19-17(20)13-6-5-8-14-12(13)10-11-18-14/h3-11,18H,2H2,1H3,(H,19,20). The minimum Gasteiger partial charge on any atom is -0.361 e. The van der Waals surface area contributed by atoms with Gasteiger partial charge >= 0.3 is 0 Å². The number of anilines is 1. The van der Waals surface area contributed by atoms with Crippen LogP contribution in [0.4, 0.5) is 5.69 Å². The molecule has 0 radical (unpaired) electrons. The summed E-state index contributed by atoms with van der Waals surface area (Å²) < 4.78 is 0. The maximum atomic E-state index is 12.5. The number of H-pyrrole nitrogens is 1. The number of aromatic nitrogens is 1. The molecule has 1 heterocycles. The Kier molecular flexibility index (Phi) is 3.97. The van der Waals surface area contributed by atoms with E-state index in [0.717, 1.165) is 27.2 Å². The van der Waals surface area contributed by atoms with Crippen molar-refractivity contribution < 1.29 is 4.79 Å². The van der Waals surface area contributed by atoms with E-state index in [2.05, 4.69) is 17.2 Å². The van der Waals surface area contributed by atoms with Crippen LogP contribution in [-0.2, 0) is 0 Å². The van der Waals surface area contributed by atoms with Crippen LogP contribution in [-0.4, -0.2) is 16.6 Å². The Hall–Kier alpha value is -2.20. The van der Waals surface area contributed by atoms with Crippen molar-refractivity contribution in [2.45, 2.75) is 11.8 Å². The van der Waals surface area contributed by atoms with Crippen molar-refractivity contribution in [1.29, 1.82) is 0 Å². The number of carbonyl (C=O) groups excluding carboxylic acids is 1. The number of thioether (sulfide) groups is 1. The molecule has 0 unspecified atom stereocenters. The van der Waals surface area contributed by atoms with Gasteiger partial charge in [-0.1, -0.05) is 25.1 Å². The third-order valence-electron chi connectivity index (χ3n) is 3.27. The molecule has 0 spiro atoms. The molecule has 3 rings (SSSR count). The van der Waals surface area contributed by atoms with Gasteiger partial charge < -0.3 is 10.3 Å². The zero-order chi connectivity index (χ0) is 14.7. The maximum Gasteiger partial charge on any atom is 0.256 e. The summed E-state index contributed by atoms with van der Waals surface area (Å²) >= 11 is 1.72. The fourth-order valence-electron chi connectivity index (χ4n) is 2.32. The van der Waals surface area contributed by atoms with Crippen LogP contribution < -0.4 is 5.32 Å². The van der Waals surface area contributed by atoms with Crippen LogP contribution in [0.3, 0.4) is 0 Å². The Morgan fingerprint density at radius 2 is 2.00 bits per heavy atom.